The van der Waals surface area contributed by atoms with Gasteiger partial charge < -0.3 is 10.1 Å². The highest BCUT2D eigenvalue weighted by Crippen LogP contribution is 2.34. The molecule has 0 aliphatic heterocycles. The molecule has 0 heterocycles. The zero-order valence-electron chi connectivity index (χ0n) is 12.0. The van der Waals surface area contributed by atoms with Gasteiger partial charge in [0, 0.05) is 6.54 Å². The van der Waals surface area contributed by atoms with Crippen LogP contribution in [0.5, 0.6) is 0 Å². The molecule has 118 valence electrons. The molecule has 3 nitrogen and oxygen atoms in total. The van der Waals surface area contributed by atoms with Gasteiger partial charge in [-0.3, -0.25) is 0 Å². The first-order valence-corrected chi connectivity index (χ1v) is 6.91. The number of rotatable bonds is 4. The molecule has 0 aromatic heterocycles. The van der Waals surface area contributed by atoms with E-state index in [0.29, 0.717) is 5.39 Å². The average Bonchev–Trinajstić information content (AvgIpc) is 2.45. The number of amides is 1. The van der Waals surface area contributed by atoms with Gasteiger partial charge in [-0.15, -0.1) is 0 Å². The smallest absolute Gasteiger partial charge is 0.416 e. The van der Waals surface area contributed by atoms with Crippen molar-refractivity contribution < 1.29 is 22.7 Å². The van der Waals surface area contributed by atoms with Crippen molar-refractivity contribution >= 4 is 16.9 Å². The number of hydrogen-bond acceptors (Lipinski definition) is 2. The average molecular weight is 311 g/mol. The summed E-state index contributed by atoms with van der Waals surface area (Å²) in [5.41, 5.74) is -0.514. The Kier molecular flexibility index (Phi) is 4.90. The highest BCUT2D eigenvalue weighted by atomic mass is 19.4. The third kappa shape index (κ3) is 3.90. The third-order valence-electron chi connectivity index (χ3n) is 3.22. The maximum Gasteiger partial charge on any atom is 0.416 e. The molecule has 1 N–H and O–H groups in total. The molecule has 0 spiro atoms. The van der Waals surface area contributed by atoms with E-state index >= 15 is 0 Å². The van der Waals surface area contributed by atoms with E-state index in [-0.39, 0.29) is 25.1 Å². The van der Waals surface area contributed by atoms with Crippen molar-refractivity contribution in [3.63, 3.8) is 0 Å². The molecule has 0 saturated heterocycles. The number of fused-ring (bicyclic) bond motifs is 1. The largest absolute Gasteiger partial charge is 0.450 e. The zero-order chi connectivity index (χ0) is 16.2. The van der Waals surface area contributed by atoms with E-state index < -0.39 is 17.8 Å². The lowest BCUT2D eigenvalue weighted by Gasteiger charge is -2.15. The molecular weight excluding hydrogens is 295 g/mol. The van der Waals surface area contributed by atoms with E-state index in [1.165, 1.54) is 6.07 Å². The second-order valence-electron chi connectivity index (χ2n) is 4.75. The number of benzene rings is 2. The van der Waals surface area contributed by atoms with Crippen LogP contribution in [0.3, 0.4) is 0 Å². The van der Waals surface area contributed by atoms with E-state index in [0.717, 1.165) is 11.5 Å². The van der Waals surface area contributed by atoms with E-state index in [9.17, 15) is 18.0 Å². The van der Waals surface area contributed by atoms with Crippen molar-refractivity contribution in [2.75, 3.05) is 13.2 Å². The first-order valence-electron chi connectivity index (χ1n) is 6.91. The highest BCUT2D eigenvalue weighted by molar-refractivity contribution is 5.84. The molecule has 0 atom stereocenters. The van der Waals surface area contributed by atoms with Gasteiger partial charge in [-0.25, -0.2) is 4.79 Å². The van der Waals surface area contributed by atoms with Gasteiger partial charge in [0.25, 0.3) is 0 Å². The van der Waals surface area contributed by atoms with E-state index in [4.69, 9.17) is 0 Å². The minimum absolute atomic E-state index is 0.0818. The molecule has 2 rings (SSSR count). The SMILES string of the molecule is CCOC(=O)NCCc1cc2ccccc2cc1C(F)(F)F. The minimum Gasteiger partial charge on any atom is -0.450 e. The Hall–Kier alpha value is -2.24. The van der Waals surface area contributed by atoms with E-state index in [1.54, 1.807) is 31.2 Å². The summed E-state index contributed by atoms with van der Waals surface area (Å²) >= 11 is 0. The van der Waals surface area contributed by atoms with Crippen LogP contribution >= 0.6 is 0 Å². The van der Waals surface area contributed by atoms with Crippen LogP contribution in [0, 0.1) is 0 Å². The number of alkyl halides is 3. The molecule has 0 bridgehead atoms. The van der Waals surface area contributed by atoms with Crippen LogP contribution in [0.25, 0.3) is 10.8 Å². The summed E-state index contributed by atoms with van der Waals surface area (Å²) in [6.45, 7) is 1.96. The molecule has 0 saturated carbocycles. The van der Waals surface area contributed by atoms with Crippen LogP contribution in [-0.2, 0) is 17.3 Å². The van der Waals surface area contributed by atoms with Gasteiger partial charge in [-0.2, -0.15) is 13.2 Å². The quantitative estimate of drug-likeness (QED) is 0.921. The number of halogens is 3. The highest BCUT2D eigenvalue weighted by Gasteiger charge is 2.33. The summed E-state index contributed by atoms with van der Waals surface area (Å²) in [6, 6.07) is 9.55. The van der Waals surface area contributed by atoms with Crippen molar-refractivity contribution in [2.45, 2.75) is 19.5 Å². The topological polar surface area (TPSA) is 38.3 Å². The lowest BCUT2D eigenvalue weighted by Crippen LogP contribution is -2.27. The predicted molar refractivity (Wildman–Crippen MR) is 77.7 cm³/mol. The Morgan fingerprint density at radius 3 is 2.41 bits per heavy atom. The van der Waals surface area contributed by atoms with Crippen LogP contribution in [0.15, 0.2) is 36.4 Å². The molecule has 0 aliphatic rings. The molecule has 2 aromatic carbocycles. The molecule has 22 heavy (non-hydrogen) atoms. The molecule has 2 aromatic rings. The maximum atomic E-state index is 13.2. The van der Waals surface area contributed by atoms with Crippen LogP contribution in [0.2, 0.25) is 0 Å². The van der Waals surface area contributed by atoms with Gasteiger partial charge in [-0.1, -0.05) is 30.3 Å². The Labute approximate surface area is 126 Å². The summed E-state index contributed by atoms with van der Waals surface area (Å²) < 4.78 is 44.2. The Bertz CT molecular complexity index is 668. The van der Waals surface area contributed by atoms with Crippen LogP contribution < -0.4 is 5.32 Å². The van der Waals surface area contributed by atoms with Crippen LogP contribution in [0.4, 0.5) is 18.0 Å². The van der Waals surface area contributed by atoms with Crippen molar-refractivity contribution in [1.82, 2.24) is 5.32 Å². The first kappa shape index (κ1) is 16.1. The van der Waals surface area contributed by atoms with Crippen molar-refractivity contribution in [2.24, 2.45) is 0 Å². The second kappa shape index (κ2) is 6.68. The maximum absolute atomic E-state index is 13.2. The number of ether oxygens (including phenoxy) is 1. The van der Waals surface area contributed by atoms with Gasteiger partial charge in [0.1, 0.15) is 0 Å². The van der Waals surface area contributed by atoms with Gasteiger partial charge in [0.05, 0.1) is 12.2 Å². The number of alkyl carbamates (subject to hydrolysis) is 1. The molecule has 0 aliphatic carbocycles. The third-order valence-corrected chi connectivity index (χ3v) is 3.22. The normalized spacial score (nSPS) is 11.5. The number of hydrogen-bond donors (Lipinski definition) is 1. The second-order valence-corrected chi connectivity index (χ2v) is 4.75. The minimum atomic E-state index is -4.43. The monoisotopic (exact) mass is 311 g/mol. The summed E-state index contributed by atoms with van der Waals surface area (Å²) in [4.78, 5) is 11.2. The van der Waals surface area contributed by atoms with E-state index in [2.05, 4.69) is 10.1 Å². The van der Waals surface area contributed by atoms with Crippen LogP contribution in [0.1, 0.15) is 18.1 Å². The Balaban J connectivity index is 2.24. The Morgan fingerprint density at radius 2 is 1.82 bits per heavy atom. The molecular formula is C16H16F3NO2. The molecule has 0 radical (unpaired) electrons. The van der Waals surface area contributed by atoms with Gasteiger partial charge in [0.2, 0.25) is 0 Å². The fourth-order valence-corrected chi connectivity index (χ4v) is 2.24. The Morgan fingerprint density at radius 1 is 1.18 bits per heavy atom. The molecule has 6 heteroatoms. The fourth-order valence-electron chi connectivity index (χ4n) is 2.24. The van der Waals surface area contributed by atoms with Crippen molar-refractivity contribution in [1.29, 1.82) is 0 Å². The summed E-state index contributed by atoms with van der Waals surface area (Å²) in [7, 11) is 0. The molecule has 1 amide bonds. The first-order chi connectivity index (χ1) is 10.4. The van der Waals surface area contributed by atoms with E-state index in [1.807, 2.05) is 0 Å². The van der Waals surface area contributed by atoms with Crippen LogP contribution in [-0.4, -0.2) is 19.2 Å². The van der Waals surface area contributed by atoms with Gasteiger partial charge >= 0.3 is 12.3 Å². The number of carbonyl (C=O) groups excluding carboxylic acids is 1. The van der Waals surface area contributed by atoms with Crippen molar-refractivity contribution in [3.05, 3.63) is 47.5 Å². The number of carbonyl (C=O) groups is 1. The molecule has 0 unspecified atom stereocenters. The number of nitrogens with one attached hydrogen (secondary N) is 1. The summed E-state index contributed by atoms with van der Waals surface area (Å²) in [5, 5.41) is 3.71. The van der Waals surface area contributed by atoms with Crippen molar-refractivity contribution in [3.8, 4) is 0 Å². The van der Waals surface area contributed by atoms with Gasteiger partial charge in [-0.05, 0) is 35.7 Å². The summed E-state index contributed by atoms with van der Waals surface area (Å²) in [6.07, 6.45) is -4.97. The van der Waals surface area contributed by atoms with Gasteiger partial charge in [0.15, 0.2) is 0 Å². The summed E-state index contributed by atoms with van der Waals surface area (Å²) in [5.74, 6) is 0. The predicted octanol–water partition coefficient (Wildman–Crippen LogP) is 4.15. The molecule has 0 fully saturated rings. The lowest BCUT2D eigenvalue weighted by molar-refractivity contribution is -0.138. The fraction of sp³-hybridized carbons (Fsp3) is 0.312. The lowest BCUT2D eigenvalue weighted by atomic mass is 9.98. The standard InChI is InChI=1S/C16H16F3NO2/c1-2-22-15(21)20-8-7-13-9-11-5-3-4-6-12(11)10-14(13)16(17,18)19/h3-6,9-10H,2,7-8H2,1H3,(H,20,21). The zero-order valence-corrected chi connectivity index (χ0v) is 12.0.